The summed E-state index contributed by atoms with van der Waals surface area (Å²) in [5, 5.41) is 3.30. The molecule has 0 saturated carbocycles. The molecule has 1 aromatic carbocycles. The van der Waals surface area contributed by atoms with Gasteiger partial charge in [0, 0.05) is 18.3 Å². The van der Waals surface area contributed by atoms with Crippen molar-refractivity contribution in [2.75, 3.05) is 11.9 Å². The molecule has 0 unspecified atom stereocenters. The molecule has 88 valence electrons. The van der Waals surface area contributed by atoms with Gasteiger partial charge in [-0.1, -0.05) is 44.2 Å². The molecule has 0 aliphatic heterocycles. The van der Waals surface area contributed by atoms with E-state index in [4.69, 9.17) is 0 Å². The van der Waals surface area contributed by atoms with Crippen LogP contribution in [-0.2, 0) is 0 Å². The Morgan fingerprint density at radius 3 is 2.59 bits per heavy atom. The summed E-state index contributed by atoms with van der Waals surface area (Å²) in [7, 11) is 0. The number of rotatable bonds is 4. The Labute approximate surface area is 102 Å². The Bertz CT molecular complexity index is 466. The molecule has 1 aromatic heterocycles. The summed E-state index contributed by atoms with van der Waals surface area (Å²) in [6, 6.07) is 11.9. The molecule has 17 heavy (non-hydrogen) atoms. The van der Waals surface area contributed by atoms with Crippen molar-refractivity contribution in [3.8, 4) is 11.4 Å². The molecule has 1 N–H and O–H groups in total. The lowest BCUT2D eigenvalue weighted by Crippen LogP contribution is -2.09. The number of nitrogens with zero attached hydrogens (tertiary/aromatic N) is 2. The number of nitrogens with one attached hydrogen (secondary N) is 1. The first-order valence-electron chi connectivity index (χ1n) is 5.88. The summed E-state index contributed by atoms with van der Waals surface area (Å²) in [5.41, 5.74) is 1.04. The van der Waals surface area contributed by atoms with Crippen LogP contribution in [0.5, 0.6) is 0 Å². The van der Waals surface area contributed by atoms with Gasteiger partial charge in [0.25, 0.3) is 0 Å². The average Bonchev–Trinajstić information content (AvgIpc) is 2.38. The van der Waals surface area contributed by atoms with Crippen LogP contribution in [0.1, 0.15) is 13.8 Å². The molecule has 0 spiro atoms. The van der Waals surface area contributed by atoms with E-state index in [0.29, 0.717) is 5.92 Å². The first kappa shape index (κ1) is 11.6. The zero-order valence-electron chi connectivity index (χ0n) is 10.2. The van der Waals surface area contributed by atoms with E-state index >= 15 is 0 Å². The molecule has 2 rings (SSSR count). The molecule has 0 bridgehead atoms. The fourth-order valence-corrected chi connectivity index (χ4v) is 1.49. The zero-order valence-corrected chi connectivity index (χ0v) is 10.2. The molecule has 0 amide bonds. The van der Waals surface area contributed by atoms with Gasteiger partial charge in [0.1, 0.15) is 5.82 Å². The first-order valence-corrected chi connectivity index (χ1v) is 5.88. The smallest absolute Gasteiger partial charge is 0.161 e. The van der Waals surface area contributed by atoms with E-state index in [-0.39, 0.29) is 0 Å². The minimum absolute atomic E-state index is 0.602. The molecule has 3 heteroatoms. The maximum atomic E-state index is 4.49. The SMILES string of the molecule is CC(C)CNc1ccnc(-c2ccccc2)n1. The fourth-order valence-electron chi connectivity index (χ4n) is 1.49. The molecule has 0 aliphatic rings. The summed E-state index contributed by atoms with van der Waals surface area (Å²) in [6.07, 6.45) is 1.79. The van der Waals surface area contributed by atoms with Gasteiger partial charge in [-0.05, 0) is 12.0 Å². The Morgan fingerprint density at radius 1 is 1.12 bits per heavy atom. The fraction of sp³-hybridized carbons (Fsp3) is 0.286. The lowest BCUT2D eigenvalue weighted by atomic mass is 10.2. The third-order valence-electron chi connectivity index (χ3n) is 2.38. The Kier molecular flexibility index (Phi) is 3.70. The van der Waals surface area contributed by atoms with Crippen LogP contribution in [0.25, 0.3) is 11.4 Å². The van der Waals surface area contributed by atoms with Crippen LogP contribution in [0, 0.1) is 5.92 Å². The van der Waals surface area contributed by atoms with E-state index < -0.39 is 0 Å². The number of anilines is 1. The van der Waals surface area contributed by atoms with E-state index in [1.165, 1.54) is 0 Å². The number of aromatic nitrogens is 2. The van der Waals surface area contributed by atoms with Crippen molar-refractivity contribution >= 4 is 5.82 Å². The topological polar surface area (TPSA) is 37.8 Å². The van der Waals surface area contributed by atoms with Crippen molar-refractivity contribution in [1.82, 2.24) is 9.97 Å². The van der Waals surface area contributed by atoms with Gasteiger partial charge in [-0.25, -0.2) is 9.97 Å². The van der Waals surface area contributed by atoms with E-state index in [1.54, 1.807) is 6.20 Å². The standard InChI is InChI=1S/C14H17N3/c1-11(2)10-16-13-8-9-15-14(17-13)12-6-4-3-5-7-12/h3-9,11H,10H2,1-2H3,(H,15,16,17). The summed E-state index contributed by atoms with van der Waals surface area (Å²) in [4.78, 5) is 8.78. The highest BCUT2D eigenvalue weighted by atomic mass is 15.0. The highest BCUT2D eigenvalue weighted by molar-refractivity contribution is 5.56. The van der Waals surface area contributed by atoms with Crippen LogP contribution >= 0.6 is 0 Å². The van der Waals surface area contributed by atoms with E-state index in [2.05, 4.69) is 29.1 Å². The second-order valence-corrected chi connectivity index (χ2v) is 4.41. The van der Waals surface area contributed by atoms with Crippen molar-refractivity contribution in [2.45, 2.75) is 13.8 Å². The summed E-state index contributed by atoms with van der Waals surface area (Å²) >= 11 is 0. The van der Waals surface area contributed by atoms with Crippen LogP contribution in [0.15, 0.2) is 42.6 Å². The highest BCUT2D eigenvalue weighted by Gasteiger charge is 2.02. The normalized spacial score (nSPS) is 10.5. The average molecular weight is 227 g/mol. The van der Waals surface area contributed by atoms with Crippen LogP contribution in [0.3, 0.4) is 0 Å². The van der Waals surface area contributed by atoms with Gasteiger partial charge in [0.2, 0.25) is 0 Å². The molecule has 0 saturated heterocycles. The Morgan fingerprint density at radius 2 is 1.88 bits per heavy atom. The van der Waals surface area contributed by atoms with Crippen LogP contribution < -0.4 is 5.32 Å². The second kappa shape index (κ2) is 5.43. The molecular formula is C14H17N3. The van der Waals surface area contributed by atoms with E-state index in [0.717, 1.165) is 23.8 Å². The van der Waals surface area contributed by atoms with Crippen molar-refractivity contribution < 1.29 is 0 Å². The van der Waals surface area contributed by atoms with Crippen molar-refractivity contribution in [3.63, 3.8) is 0 Å². The second-order valence-electron chi connectivity index (χ2n) is 4.41. The number of hydrogen-bond donors (Lipinski definition) is 1. The minimum Gasteiger partial charge on any atom is -0.370 e. The molecule has 0 fully saturated rings. The first-order chi connectivity index (χ1) is 8.25. The largest absolute Gasteiger partial charge is 0.370 e. The van der Waals surface area contributed by atoms with Gasteiger partial charge >= 0.3 is 0 Å². The molecule has 0 atom stereocenters. The van der Waals surface area contributed by atoms with Crippen molar-refractivity contribution in [3.05, 3.63) is 42.6 Å². The zero-order chi connectivity index (χ0) is 12.1. The number of hydrogen-bond acceptors (Lipinski definition) is 3. The maximum Gasteiger partial charge on any atom is 0.161 e. The van der Waals surface area contributed by atoms with Crippen LogP contribution in [0.4, 0.5) is 5.82 Å². The van der Waals surface area contributed by atoms with E-state index in [9.17, 15) is 0 Å². The van der Waals surface area contributed by atoms with Gasteiger partial charge in [-0.15, -0.1) is 0 Å². The molecule has 1 heterocycles. The van der Waals surface area contributed by atoms with Gasteiger partial charge in [-0.2, -0.15) is 0 Å². The molecule has 2 aromatic rings. The van der Waals surface area contributed by atoms with Crippen molar-refractivity contribution in [1.29, 1.82) is 0 Å². The summed E-state index contributed by atoms with van der Waals surface area (Å²) in [6.45, 7) is 5.27. The third-order valence-corrected chi connectivity index (χ3v) is 2.38. The predicted octanol–water partition coefficient (Wildman–Crippen LogP) is 3.21. The van der Waals surface area contributed by atoms with Gasteiger partial charge in [0.05, 0.1) is 0 Å². The minimum atomic E-state index is 0.602. The molecule has 0 radical (unpaired) electrons. The molecule has 0 aliphatic carbocycles. The summed E-state index contributed by atoms with van der Waals surface area (Å²) in [5.74, 6) is 2.25. The van der Waals surface area contributed by atoms with Crippen LogP contribution in [0.2, 0.25) is 0 Å². The van der Waals surface area contributed by atoms with Gasteiger partial charge in [-0.3, -0.25) is 0 Å². The monoisotopic (exact) mass is 227 g/mol. The highest BCUT2D eigenvalue weighted by Crippen LogP contribution is 2.15. The Balaban J connectivity index is 2.17. The lowest BCUT2D eigenvalue weighted by molar-refractivity contribution is 0.687. The van der Waals surface area contributed by atoms with Gasteiger partial charge in [0.15, 0.2) is 5.82 Å². The van der Waals surface area contributed by atoms with Crippen LogP contribution in [-0.4, -0.2) is 16.5 Å². The van der Waals surface area contributed by atoms with Gasteiger partial charge < -0.3 is 5.32 Å². The predicted molar refractivity (Wildman–Crippen MR) is 70.8 cm³/mol. The summed E-state index contributed by atoms with van der Waals surface area (Å²) < 4.78 is 0. The Hall–Kier alpha value is -1.90. The molecular weight excluding hydrogens is 210 g/mol. The van der Waals surface area contributed by atoms with E-state index in [1.807, 2.05) is 36.4 Å². The lowest BCUT2D eigenvalue weighted by Gasteiger charge is -2.08. The molecule has 3 nitrogen and oxygen atoms in total. The quantitative estimate of drug-likeness (QED) is 0.871. The third kappa shape index (κ3) is 3.28. The van der Waals surface area contributed by atoms with Crippen molar-refractivity contribution in [2.24, 2.45) is 5.92 Å². The number of benzene rings is 1. The maximum absolute atomic E-state index is 4.49.